The summed E-state index contributed by atoms with van der Waals surface area (Å²) in [6.07, 6.45) is 7.92. The normalized spacial score (nSPS) is 20.0. The Labute approximate surface area is 180 Å². The minimum Gasteiger partial charge on any atom is -0.381 e. The zero-order valence-corrected chi connectivity index (χ0v) is 18.6. The highest BCUT2D eigenvalue weighted by atomic mass is 16.5. The maximum absolute atomic E-state index is 5.68. The van der Waals surface area contributed by atoms with Crippen molar-refractivity contribution in [1.29, 1.82) is 0 Å². The molecule has 6 heteroatoms. The van der Waals surface area contributed by atoms with Crippen molar-refractivity contribution >= 4 is 16.9 Å². The first kappa shape index (κ1) is 21.2. The van der Waals surface area contributed by atoms with E-state index in [1.807, 2.05) is 0 Å². The van der Waals surface area contributed by atoms with E-state index in [2.05, 4.69) is 58.8 Å². The smallest absolute Gasteiger partial charge is 0.191 e. The van der Waals surface area contributed by atoms with Crippen LogP contribution in [0.2, 0.25) is 0 Å². The van der Waals surface area contributed by atoms with Gasteiger partial charge in [0.2, 0.25) is 0 Å². The molecule has 3 heterocycles. The van der Waals surface area contributed by atoms with Gasteiger partial charge in [0.25, 0.3) is 0 Å². The molecule has 164 valence electrons. The number of rotatable bonds is 7. The second-order valence-electron chi connectivity index (χ2n) is 8.71. The molecule has 2 fully saturated rings. The molecule has 1 aromatic heterocycles. The lowest BCUT2D eigenvalue weighted by Gasteiger charge is -2.43. The number of aliphatic imine (C=N–C) groups is 1. The van der Waals surface area contributed by atoms with Crippen molar-refractivity contribution in [3.05, 3.63) is 35.5 Å². The van der Waals surface area contributed by atoms with Crippen molar-refractivity contribution in [2.45, 2.75) is 51.5 Å². The number of aromatic nitrogens is 1. The maximum Gasteiger partial charge on any atom is 0.191 e. The van der Waals surface area contributed by atoms with Crippen LogP contribution in [0.25, 0.3) is 10.9 Å². The van der Waals surface area contributed by atoms with Gasteiger partial charge < -0.3 is 20.4 Å². The highest BCUT2D eigenvalue weighted by Gasteiger charge is 2.39. The van der Waals surface area contributed by atoms with Crippen LogP contribution in [0.1, 0.15) is 43.7 Å². The molecule has 1 aromatic carbocycles. The van der Waals surface area contributed by atoms with E-state index in [-0.39, 0.29) is 5.54 Å². The van der Waals surface area contributed by atoms with E-state index in [4.69, 9.17) is 9.73 Å². The van der Waals surface area contributed by atoms with Crippen LogP contribution in [-0.2, 0) is 11.2 Å². The Morgan fingerprint density at radius 1 is 1.20 bits per heavy atom. The van der Waals surface area contributed by atoms with Gasteiger partial charge >= 0.3 is 0 Å². The predicted octanol–water partition coefficient (Wildman–Crippen LogP) is 3.22. The van der Waals surface area contributed by atoms with Gasteiger partial charge in [-0.05, 0) is 76.2 Å². The Bertz CT molecular complexity index is 846. The third-order valence-corrected chi connectivity index (χ3v) is 6.76. The first-order valence-corrected chi connectivity index (χ1v) is 11.6. The van der Waals surface area contributed by atoms with Crippen LogP contribution < -0.4 is 10.6 Å². The van der Waals surface area contributed by atoms with E-state index < -0.39 is 0 Å². The Morgan fingerprint density at radius 3 is 2.77 bits per heavy atom. The second kappa shape index (κ2) is 9.84. The number of guanidine groups is 1. The van der Waals surface area contributed by atoms with Crippen LogP contribution in [0.15, 0.2) is 29.4 Å². The van der Waals surface area contributed by atoms with Gasteiger partial charge in [0.05, 0.1) is 6.54 Å². The Kier molecular flexibility index (Phi) is 6.95. The van der Waals surface area contributed by atoms with Crippen LogP contribution in [0.4, 0.5) is 0 Å². The Balaban J connectivity index is 1.40. The molecule has 0 atom stereocenters. The quantitative estimate of drug-likeness (QED) is 0.484. The van der Waals surface area contributed by atoms with Gasteiger partial charge in [-0.2, -0.15) is 0 Å². The number of hydrogen-bond acceptors (Lipinski definition) is 3. The van der Waals surface area contributed by atoms with E-state index in [0.29, 0.717) is 0 Å². The molecular weight excluding hydrogens is 374 g/mol. The van der Waals surface area contributed by atoms with Crippen molar-refractivity contribution in [2.24, 2.45) is 4.99 Å². The summed E-state index contributed by atoms with van der Waals surface area (Å²) in [5.41, 5.74) is 4.09. The minimum atomic E-state index is 0.172. The SMILES string of the molecule is CCNC(=NCC1(N2CCCC2)CCOCC1)NCCc1c[nH]c2cccc(C)c12. The molecule has 2 aliphatic rings. The van der Waals surface area contributed by atoms with Gasteiger partial charge in [-0.1, -0.05) is 12.1 Å². The van der Waals surface area contributed by atoms with Gasteiger partial charge in [0.1, 0.15) is 0 Å². The van der Waals surface area contributed by atoms with Gasteiger partial charge in [-0.25, -0.2) is 0 Å². The molecule has 0 amide bonds. The van der Waals surface area contributed by atoms with Crippen molar-refractivity contribution < 1.29 is 4.74 Å². The first-order valence-electron chi connectivity index (χ1n) is 11.6. The molecule has 2 saturated heterocycles. The molecule has 0 radical (unpaired) electrons. The molecule has 0 unspecified atom stereocenters. The fourth-order valence-electron chi connectivity index (χ4n) is 5.05. The van der Waals surface area contributed by atoms with Gasteiger partial charge in [0, 0.05) is 48.9 Å². The topological polar surface area (TPSA) is 64.7 Å². The number of nitrogens with one attached hydrogen (secondary N) is 3. The van der Waals surface area contributed by atoms with Crippen LogP contribution in [0.5, 0.6) is 0 Å². The molecule has 0 saturated carbocycles. The predicted molar refractivity (Wildman–Crippen MR) is 124 cm³/mol. The average molecular weight is 412 g/mol. The zero-order chi connectivity index (χ0) is 20.8. The molecule has 6 nitrogen and oxygen atoms in total. The number of aryl methyl sites for hydroxylation is 1. The van der Waals surface area contributed by atoms with Crippen molar-refractivity contribution in [1.82, 2.24) is 20.5 Å². The van der Waals surface area contributed by atoms with E-state index in [1.165, 1.54) is 48.0 Å². The molecule has 0 spiro atoms. The summed E-state index contributed by atoms with van der Waals surface area (Å²) in [4.78, 5) is 11.1. The lowest BCUT2D eigenvalue weighted by atomic mass is 9.88. The number of aromatic amines is 1. The number of benzene rings is 1. The van der Waals surface area contributed by atoms with E-state index in [9.17, 15) is 0 Å². The third-order valence-electron chi connectivity index (χ3n) is 6.76. The molecule has 2 aliphatic heterocycles. The fourth-order valence-corrected chi connectivity index (χ4v) is 5.05. The molecule has 3 N–H and O–H groups in total. The highest BCUT2D eigenvalue weighted by Crippen LogP contribution is 2.31. The lowest BCUT2D eigenvalue weighted by molar-refractivity contribution is -0.0139. The number of H-pyrrole nitrogens is 1. The van der Waals surface area contributed by atoms with E-state index >= 15 is 0 Å². The average Bonchev–Trinajstić information content (AvgIpc) is 3.44. The number of ether oxygens (including phenoxy) is 1. The van der Waals surface area contributed by atoms with E-state index in [0.717, 1.165) is 58.1 Å². The second-order valence-corrected chi connectivity index (χ2v) is 8.71. The fraction of sp³-hybridized carbons (Fsp3) is 0.625. The number of nitrogens with zero attached hydrogens (tertiary/aromatic N) is 2. The first-order chi connectivity index (χ1) is 14.7. The van der Waals surface area contributed by atoms with Gasteiger partial charge in [0.15, 0.2) is 5.96 Å². The molecule has 0 aliphatic carbocycles. The van der Waals surface area contributed by atoms with Crippen LogP contribution in [0, 0.1) is 6.92 Å². The largest absolute Gasteiger partial charge is 0.381 e. The number of likely N-dealkylation sites (tertiary alicyclic amines) is 1. The minimum absolute atomic E-state index is 0.172. The summed E-state index contributed by atoms with van der Waals surface area (Å²) in [7, 11) is 0. The summed E-state index contributed by atoms with van der Waals surface area (Å²) in [6, 6.07) is 6.44. The summed E-state index contributed by atoms with van der Waals surface area (Å²) in [6.45, 7) is 11.0. The highest BCUT2D eigenvalue weighted by molar-refractivity contribution is 5.86. The van der Waals surface area contributed by atoms with Crippen LogP contribution >= 0.6 is 0 Å². The van der Waals surface area contributed by atoms with Crippen LogP contribution in [0.3, 0.4) is 0 Å². The Morgan fingerprint density at radius 2 is 2.00 bits per heavy atom. The van der Waals surface area contributed by atoms with Crippen molar-refractivity contribution in [3.63, 3.8) is 0 Å². The summed E-state index contributed by atoms with van der Waals surface area (Å²) < 4.78 is 5.68. The molecule has 0 bridgehead atoms. The monoisotopic (exact) mass is 411 g/mol. The van der Waals surface area contributed by atoms with E-state index in [1.54, 1.807) is 0 Å². The summed E-state index contributed by atoms with van der Waals surface area (Å²) in [5, 5.41) is 8.36. The maximum atomic E-state index is 5.68. The van der Waals surface area contributed by atoms with Crippen molar-refractivity contribution in [2.75, 3.05) is 45.9 Å². The molecular formula is C24H37N5O. The molecule has 30 heavy (non-hydrogen) atoms. The van der Waals surface area contributed by atoms with Crippen molar-refractivity contribution in [3.8, 4) is 0 Å². The summed E-state index contributed by atoms with van der Waals surface area (Å²) in [5.74, 6) is 0.930. The molecule has 2 aromatic rings. The molecule has 4 rings (SSSR count). The zero-order valence-electron chi connectivity index (χ0n) is 18.6. The summed E-state index contributed by atoms with van der Waals surface area (Å²) >= 11 is 0. The standard InChI is InChI=1S/C24H37N5O/c1-3-25-23(26-12-9-20-17-27-21-8-6-7-19(2)22(20)21)28-18-24(10-15-30-16-11-24)29-13-4-5-14-29/h6-8,17,27H,3-5,9-16,18H2,1-2H3,(H2,25,26,28). The van der Waals surface area contributed by atoms with Crippen LogP contribution in [-0.4, -0.2) is 67.3 Å². The number of fused-ring (bicyclic) bond motifs is 1. The number of hydrogen-bond donors (Lipinski definition) is 3. The Hall–Kier alpha value is -2.05. The van der Waals surface area contributed by atoms with Gasteiger partial charge in [-0.15, -0.1) is 0 Å². The third kappa shape index (κ3) is 4.65. The van der Waals surface area contributed by atoms with Gasteiger partial charge in [-0.3, -0.25) is 9.89 Å². The lowest BCUT2D eigenvalue weighted by Crippen LogP contribution is -2.54.